The summed E-state index contributed by atoms with van der Waals surface area (Å²) >= 11 is 12.1. The van der Waals surface area contributed by atoms with Crippen LogP contribution in [0.5, 0.6) is 5.88 Å². The number of hydrogen-bond donors (Lipinski definition) is 1. The predicted octanol–water partition coefficient (Wildman–Crippen LogP) is 4.28. The second-order valence-electron chi connectivity index (χ2n) is 9.87. The number of nitrogens with zero attached hydrogens (tertiary/aromatic N) is 3. The number of aliphatic hydroxyl groups excluding tert-OH is 1. The molecular formula is C27H21Cl2N3O5. The van der Waals surface area contributed by atoms with E-state index >= 15 is 0 Å². The highest BCUT2D eigenvalue weighted by Gasteiger charge is 2.77. The van der Waals surface area contributed by atoms with Crippen molar-refractivity contribution in [1.29, 1.82) is 5.26 Å². The lowest BCUT2D eigenvalue weighted by Crippen LogP contribution is -2.49. The number of pyridine rings is 1. The number of aromatic nitrogens is 1. The summed E-state index contributed by atoms with van der Waals surface area (Å²) in [6.45, 7) is 1.79. The van der Waals surface area contributed by atoms with E-state index in [9.17, 15) is 20.0 Å². The number of ether oxygens (including phenoxy) is 2. The topological polar surface area (TPSA) is 113 Å². The van der Waals surface area contributed by atoms with E-state index in [4.69, 9.17) is 32.7 Å². The van der Waals surface area contributed by atoms with Crippen LogP contribution < -0.4 is 9.64 Å². The second-order valence-corrected chi connectivity index (χ2v) is 10.7. The third-order valence-electron chi connectivity index (χ3n) is 7.91. The number of nitriles is 1. The van der Waals surface area contributed by atoms with E-state index in [2.05, 4.69) is 11.1 Å². The van der Waals surface area contributed by atoms with Crippen LogP contribution in [-0.2, 0) is 14.3 Å². The molecule has 3 aliphatic heterocycles. The maximum absolute atomic E-state index is 14.0. The van der Waals surface area contributed by atoms with E-state index < -0.39 is 35.0 Å². The van der Waals surface area contributed by atoms with Gasteiger partial charge in [0.2, 0.25) is 17.7 Å². The summed E-state index contributed by atoms with van der Waals surface area (Å²) in [5, 5.41) is 22.4. The summed E-state index contributed by atoms with van der Waals surface area (Å²) in [5.41, 5.74) is -1.45. The summed E-state index contributed by atoms with van der Waals surface area (Å²) in [7, 11) is 0. The number of aliphatic hydroxyl groups is 1. The molecule has 0 spiro atoms. The molecule has 3 saturated heterocycles. The highest BCUT2D eigenvalue weighted by molar-refractivity contribution is 6.35. The van der Waals surface area contributed by atoms with Crippen molar-refractivity contribution >= 4 is 51.5 Å². The largest absolute Gasteiger partial charge is 0.476 e. The molecule has 37 heavy (non-hydrogen) atoms. The lowest BCUT2D eigenvalue weighted by Gasteiger charge is -2.33. The molecule has 3 aliphatic rings. The molecule has 188 valence electrons. The number of amides is 2. The number of fused-ring (bicyclic) bond motifs is 6. The van der Waals surface area contributed by atoms with E-state index in [0.717, 1.165) is 0 Å². The minimum Gasteiger partial charge on any atom is -0.476 e. The molecule has 0 unspecified atom stereocenters. The molecule has 3 aromatic rings. The van der Waals surface area contributed by atoms with Crippen LogP contribution in [-0.4, -0.2) is 45.8 Å². The zero-order valence-corrected chi connectivity index (χ0v) is 21.2. The molecule has 5 atom stereocenters. The Morgan fingerprint density at radius 2 is 1.92 bits per heavy atom. The van der Waals surface area contributed by atoms with Gasteiger partial charge in [-0.2, -0.15) is 5.26 Å². The minimum absolute atomic E-state index is 0.0988. The van der Waals surface area contributed by atoms with Gasteiger partial charge in [0.05, 0.1) is 52.5 Å². The number of rotatable bonds is 5. The van der Waals surface area contributed by atoms with Crippen molar-refractivity contribution < 1.29 is 24.2 Å². The zero-order chi connectivity index (χ0) is 26.1. The monoisotopic (exact) mass is 537 g/mol. The quantitative estimate of drug-likeness (QED) is 0.483. The van der Waals surface area contributed by atoms with Gasteiger partial charge in [0.1, 0.15) is 10.6 Å². The van der Waals surface area contributed by atoms with Gasteiger partial charge in [0, 0.05) is 29.8 Å². The molecule has 0 saturated carbocycles. The summed E-state index contributed by atoms with van der Waals surface area (Å²) in [5.74, 6) is -2.26. The number of anilines is 1. The maximum atomic E-state index is 14.0. The fourth-order valence-corrected chi connectivity index (χ4v) is 6.70. The summed E-state index contributed by atoms with van der Waals surface area (Å²) in [6, 6.07) is 14.1. The summed E-state index contributed by atoms with van der Waals surface area (Å²) < 4.78 is 12.1. The molecule has 2 bridgehead atoms. The fourth-order valence-electron chi connectivity index (χ4n) is 6.27. The van der Waals surface area contributed by atoms with Crippen LogP contribution in [0.25, 0.3) is 10.8 Å². The predicted molar refractivity (Wildman–Crippen MR) is 135 cm³/mol. The number of hydrogen-bond acceptors (Lipinski definition) is 7. The van der Waals surface area contributed by atoms with E-state index in [1.54, 1.807) is 43.3 Å². The molecule has 2 amide bonds. The Bertz CT molecular complexity index is 1520. The van der Waals surface area contributed by atoms with Crippen molar-refractivity contribution in [3.05, 3.63) is 64.3 Å². The summed E-state index contributed by atoms with van der Waals surface area (Å²) in [6.07, 6.45) is 0.915. The van der Waals surface area contributed by atoms with Crippen molar-refractivity contribution in [2.45, 2.75) is 37.1 Å². The number of carbonyl (C=O) groups is 2. The maximum Gasteiger partial charge on any atom is 0.240 e. The Hall–Kier alpha value is -3.22. The Balaban J connectivity index is 1.35. The van der Waals surface area contributed by atoms with Gasteiger partial charge >= 0.3 is 0 Å². The highest BCUT2D eigenvalue weighted by Crippen LogP contribution is 2.62. The van der Waals surface area contributed by atoms with Crippen LogP contribution in [0.4, 0.5) is 5.69 Å². The first-order valence-corrected chi connectivity index (χ1v) is 12.6. The molecule has 2 aromatic carbocycles. The normalized spacial score (nSPS) is 30.1. The Morgan fingerprint density at radius 1 is 1.19 bits per heavy atom. The van der Waals surface area contributed by atoms with Gasteiger partial charge in [-0.3, -0.25) is 9.59 Å². The molecule has 1 aromatic heterocycles. The van der Waals surface area contributed by atoms with Gasteiger partial charge in [-0.1, -0.05) is 47.5 Å². The molecule has 0 aliphatic carbocycles. The molecule has 6 rings (SSSR count). The smallest absolute Gasteiger partial charge is 0.240 e. The number of halogens is 2. The Morgan fingerprint density at radius 3 is 2.65 bits per heavy atom. The number of carbonyl (C=O) groups excluding carboxylic acids is 2. The number of imide groups is 1. The third kappa shape index (κ3) is 3.39. The average Bonchev–Trinajstić information content (AvgIpc) is 3.41. The van der Waals surface area contributed by atoms with Gasteiger partial charge in [-0.25, -0.2) is 9.88 Å². The molecule has 3 fully saturated rings. The minimum atomic E-state index is -1.22. The Kier molecular flexibility index (Phi) is 5.48. The van der Waals surface area contributed by atoms with Gasteiger partial charge in [0.15, 0.2) is 0 Å². The Labute approximate surface area is 222 Å². The van der Waals surface area contributed by atoms with E-state index in [1.165, 1.54) is 17.2 Å². The first kappa shape index (κ1) is 24.1. The second kappa shape index (κ2) is 8.40. The molecule has 0 radical (unpaired) electrons. The SMILES string of the molecule is C[C@]12O[C@](CCOc3ncc(Cl)cc3Cl)(C[C@@H]1O)[C@H]1C(=O)N(c3ccc(C#N)c4ccccc34)C(=O)[C@H]12. The zero-order valence-electron chi connectivity index (χ0n) is 19.6. The van der Waals surface area contributed by atoms with Crippen molar-refractivity contribution in [2.75, 3.05) is 11.5 Å². The molecule has 8 nitrogen and oxygen atoms in total. The van der Waals surface area contributed by atoms with Crippen LogP contribution in [0.2, 0.25) is 10.0 Å². The van der Waals surface area contributed by atoms with Crippen molar-refractivity contribution in [3.63, 3.8) is 0 Å². The molecule has 10 heteroatoms. The molecule has 1 N–H and O–H groups in total. The van der Waals surface area contributed by atoms with Crippen molar-refractivity contribution in [1.82, 2.24) is 4.98 Å². The number of benzene rings is 2. The van der Waals surface area contributed by atoms with E-state index in [0.29, 0.717) is 27.0 Å². The van der Waals surface area contributed by atoms with Crippen LogP contribution in [0.1, 0.15) is 25.3 Å². The van der Waals surface area contributed by atoms with Gasteiger partial charge in [0.25, 0.3) is 0 Å². The van der Waals surface area contributed by atoms with Crippen molar-refractivity contribution in [2.24, 2.45) is 11.8 Å². The lowest BCUT2D eigenvalue weighted by molar-refractivity contribution is -0.134. The fraction of sp³-hybridized carbons (Fsp3) is 0.333. The van der Waals surface area contributed by atoms with E-state index in [1.807, 2.05) is 0 Å². The average molecular weight is 538 g/mol. The van der Waals surface area contributed by atoms with Gasteiger partial charge in [-0.05, 0) is 25.1 Å². The standard InChI is InChI=1S/C27H21Cl2N3O5/c1-26-20(33)11-27(37-26,8-9-36-23-18(29)10-15(28)13-31-23)22-21(26)24(34)32(25(22)35)19-7-6-14(12-30)16-4-2-3-5-17(16)19/h2-7,10,13,20-22,33H,8-9,11H2,1H3/t20-,21-,22+,26-,27+/m0/s1. The third-order valence-corrected chi connectivity index (χ3v) is 8.39. The first-order valence-electron chi connectivity index (χ1n) is 11.8. The van der Waals surface area contributed by atoms with Crippen LogP contribution >= 0.6 is 23.2 Å². The highest BCUT2D eigenvalue weighted by atomic mass is 35.5. The molecule has 4 heterocycles. The first-order chi connectivity index (χ1) is 17.7. The van der Waals surface area contributed by atoms with Gasteiger partial charge < -0.3 is 14.6 Å². The van der Waals surface area contributed by atoms with Crippen LogP contribution in [0.15, 0.2) is 48.7 Å². The van der Waals surface area contributed by atoms with Crippen molar-refractivity contribution in [3.8, 4) is 11.9 Å². The molecular weight excluding hydrogens is 517 g/mol. The summed E-state index contributed by atoms with van der Waals surface area (Å²) in [4.78, 5) is 33.1. The lowest BCUT2D eigenvalue weighted by atomic mass is 9.66. The van der Waals surface area contributed by atoms with Crippen LogP contribution in [0.3, 0.4) is 0 Å². The van der Waals surface area contributed by atoms with E-state index in [-0.39, 0.29) is 36.3 Å². The van der Waals surface area contributed by atoms with Gasteiger partial charge in [-0.15, -0.1) is 0 Å². The van der Waals surface area contributed by atoms with Crippen LogP contribution in [0, 0.1) is 23.2 Å².